The molecule has 2 rings (SSSR count). The molecule has 0 radical (unpaired) electrons. The molecule has 1 heterocycles. The lowest BCUT2D eigenvalue weighted by Gasteiger charge is -1.96. The Bertz CT molecular complexity index is 558. The molecule has 0 atom stereocenters. The second-order valence-corrected chi connectivity index (χ2v) is 4.02. The van der Waals surface area contributed by atoms with E-state index in [1.807, 2.05) is 12.1 Å². The van der Waals surface area contributed by atoms with Crippen LogP contribution in [-0.2, 0) is 4.74 Å². The first-order valence-corrected chi connectivity index (χ1v) is 5.44. The van der Waals surface area contributed by atoms with E-state index in [0.29, 0.717) is 22.1 Å². The highest BCUT2D eigenvalue weighted by Gasteiger charge is 2.16. The van der Waals surface area contributed by atoms with E-state index >= 15 is 0 Å². The van der Waals surface area contributed by atoms with E-state index in [1.165, 1.54) is 7.11 Å². The van der Waals surface area contributed by atoms with Crippen LogP contribution in [0.3, 0.4) is 0 Å². The minimum atomic E-state index is -0.403. The minimum Gasteiger partial charge on any atom is -0.465 e. The fraction of sp³-hybridized carbons (Fsp3) is 0.154. The maximum absolute atomic E-state index is 11.4. The van der Waals surface area contributed by atoms with Gasteiger partial charge in [0, 0.05) is 10.6 Å². The van der Waals surface area contributed by atoms with E-state index < -0.39 is 5.97 Å². The molecule has 0 bridgehead atoms. The average Bonchev–Trinajstić information content (AvgIpc) is 2.70. The van der Waals surface area contributed by atoms with Crippen molar-refractivity contribution in [2.45, 2.75) is 6.92 Å². The zero-order chi connectivity index (χ0) is 12.4. The molecule has 4 heteroatoms. The summed E-state index contributed by atoms with van der Waals surface area (Å²) in [5.41, 5.74) is 1.26. The molecule has 1 aromatic carbocycles. The summed E-state index contributed by atoms with van der Waals surface area (Å²) in [6, 6.07) is 8.91. The monoisotopic (exact) mass is 250 g/mol. The van der Waals surface area contributed by atoms with Gasteiger partial charge in [0.05, 0.1) is 7.11 Å². The minimum absolute atomic E-state index is 0.403. The third-order valence-corrected chi connectivity index (χ3v) is 2.67. The van der Waals surface area contributed by atoms with Crippen LogP contribution in [0, 0.1) is 6.92 Å². The van der Waals surface area contributed by atoms with Crippen molar-refractivity contribution in [3.05, 3.63) is 46.7 Å². The van der Waals surface area contributed by atoms with E-state index in [0.717, 1.165) is 5.56 Å². The molecule has 17 heavy (non-hydrogen) atoms. The van der Waals surface area contributed by atoms with E-state index in [4.69, 9.17) is 16.0 Å². The fourth-order valence-corrected chi connectivity index (χ4v) is 1.77. The van der Waals surface area contributed by atoms with Gasteiger partial charge in [0.25, 0.3) is 0 Å². The van der Waals surface area contributed by atoms with Gasteiger partial charge in [-0.3, -0.25) is 0 Å². The molecule has 0 aliphatic heterocycles. The Morgan fingerprint density at radius 1 is 1.35 bits per heavy atom. The van der Waals surface area contributed by atoms with Gasteiger partial charge in [-0.1, -0.05) is 23.7 Å². The molecule has 3 nitrogen and oxygen atoms in total. The zero-order valence-electron chi connectivity index (χ0n) is 9.49. The summed E-state index contributed by atoms with van der Waals surface area (Å²) in [4.78, 5) is 11.4. The van der Waals surface area contributed by atoms with Crippen molar-refractivity contribution in [3.8, 4) is 11.3 Å². The number of carbonyl (C=O) groups is 1. The van der Waals surface area contributed by atoms with E-state index in [1.54, 1.807) is 25.1 Å². The smallest absolute Gasteiger partial charge is 0.341 e. The molecule has 0 aliphatic rings. The molecule has 1 aromatic heterocycles. The summed E-state index contributed by atoms with van der Waals surface area (Å²) in [6.07, 6.45) is 0. The molecular weight excluding hydrogens is 240 g/mol. The molecule has 0 amide bonds. The Balaban J connectivity index is 2.44. The predicted molar refractivity (Wildman–Crippen MR) is 65.2 cm³/mol. The quantitative estimate of drug-likeness (QED) is 0.763. The highest BCUT2D eigenvalue weighted by molar-refractivity contribution is 6.30. The standard InChI is InChI=1S/C13H11ClO3/c1-8-11(13(15)16-2)7-12(17-8)9-4-3-5-10(14)6-9/h3-7H,1-2H3. The number of carbonyl (C=O) groups excluding carboxylic acids is 1. The van der Waals surface area contributed by atoms with Crippen molar-refractivity contribution in [2.24, 2.45) is 0 Å². The normalized spacial score (nSPS) is 10.3. The molecular formula is C13H11ClO3. The van der Waals surface area contributed by atoms with Crippen LogP contribution in [0.4, 0.5) is 0 Å². The number of methoxy groups -OCH3 is 1. The Morgan fingerprint density at radius 3 is 2.76 bits per heavy atom. The Morgan fingerprint density at radius 2 is 2.12 bits per heavy atom. The summed E-state index contributed by atoms with van der Waals surface area (Å²) in [6.45, 7) is 1.72. The highest BCUT2D eigenvalue weighted by Crippen LogP contribution is 2.27. The number of rotatable bonds is 2. The lowest BCUT2D eigenvalue weighted by Crippen LogP contribution is -2.00. The number of hydrogen-bond donors (Lipinski definition) is 0. The van der Waals surface area contributed by atoms with Crippen LogP contribution >= 0.6 is 11.6 Å². The van der Waals surface area contributed by atoms with Gasteiger partial charge < -0.3 is 9.15 Å². The molecule has 0 fully saturated rings. The summed E-state index contributed by atoms with van der Waals surface area (Å²) in [5, 5.41) is 0.621. The number of aryl methyl sites for hydroxylation is 1. The van der Waals surface area contributed by atoms with Gasteiger partial charge in [-0.05, 0) is 25.1 Å². The number of esters is 1. The van der Waals surface area contributed by atoms with Gasteiger partial charge in [-0.15, -0.1) is 0 Å². The third kappa shape index (κ3) is 2.34. The van der Waals surface area contributed by atoms with Crippen LogP contribution in [0.1, 0.15) is 16.1 Å². The number of ether oxygens (including phenoxy) is 1. The third-order valence-electron chi connectivity index (χ3n) is 2.43. The van der Waals surface area contributed by atoms with Crippen molar-refractivity contribution in [3.63, 3.8) is 0 Å². The molecule has 0 aliphatic carbocycles. The topological polar surface area (TPSA) is 39.4 Å². The highest BCUT2D eigenvalue weighted by atomic mass is 35.5. The van der Waals surface area contributed by atoms with Crippen LogP contribution in [0.25, 0.3) is 11.3 Å². The molecule has 0 saturated carbocycles. The second-order valence-electron chi connectivity index (χ2n) is 3.58. The summed E-state index contributed by atoms with van der Waals surface area (Å²) in [5.74, 6) is 0.733. The van der Waals surface area contributed by atoms with Crippen molar-refractivity contribution in [1.82, 2.24) is 0 Å². The zero-order valence-corrected chi connectivity index (χ0v) is 10.2. The molecule has 0 N–H and O–H groups in total. The predicted octanol–water partition coefficient (Wildman–Crippen LogP) is 3.70. The number of furan rings is 1. The lowest BCUT2D eigenvalue weighted by molar-refractivity contribution is 0.0599. The van der Waals surface area contributed by atoms with E-state index in [9.17, 15) is 4.79 Å². The Labute approximate surface area is 104 Å². The van der Waals surface area contributed by atoms with Crippen molar-refractivity contribution in [1.29, 1.82) is 0 Å². The second kappa shape index (κ2) is 4.63. The van der Waals surface area contributed by atoms with Crippen LogP contribution in [0.5, 0.6) is 0 Å². The van der Waals surface area contributed by atoms with Gasteiger partial charge in [-0.2, -0.15) is 0 Å². The van der Waals surface area contributed by atoms with Crippen molar-refractivity contribution in [2.75, 3.05) is 7.11 Å². The summed E-state index contributed by atoms with van der Waals surface area (Å²) < 4.78 is 10.2. The van der Waals surface area contributed by atoms with Crippen molar-refractivity contribution >= 4 is 17.6 Å². The van der Waals surface area contributed by atoms with Crippen LogP contribution < -0.4 is 0 Å². The molecule has 0 unspecified atom stereocenters. The molecule has 2 aromatic rings. The fourth-order valence-electron chi connectivity index (χ4n) is 1.58. The van der Waals surface area contributed by atoms with Gasteiger partial charge in [0.2, 0.25) is 0 Å². The van der Waals surface area contributed by atoms with Gasteiger partial charge in [0.1, 0.15) is 17.1 Å². The SMILES string of the molecule is COC(=O)c1cc(-c2cccc(Cl)c2)oc1C. The summed E-state index contributed by atoms with van der Waals surface area (Å²) >= 11 is 5.90. The Hall–Kier alpha value is -1.74. The van der Waals surface area contributed by atoms with Gasteiger partial charge >= 0.3 is 5.97 Å². The van der Waals surface area contributed by atoms with Crippen LogP contribution in [-0.4, -0.2) is 13.1 Å². The maximum atomic E-state index is 11.4. The number of hydrogen-bond acceptors (Lipinski definition) is 3. The van der Waals surface area contributed by atoms with Crippen LogP contribution in [0.2, 0.25) is 5.02 Å². The first-order chi connectivity index (χ1) is 8.11. The first-order valence-electron chi connectivity index (χ1n) is 5.06. The molecule has 0 saturated heterocycles. The first kappa shape index (κ1) is 11.7. The number of benzene rings is 1. The van der Waals surface area contributed by atoms with Crippen molar-refractivity contribution < 1.29 is 13.9 Å². The van der Waals surface area contributed by atoms with E-state index in [2.05, 4.69) is 4.74 Å². The van der Waals surface area contributed by atoms with Crippen LogP contribution in [0.15, 0.2) is 34.7 Å². The van der Waals surface area contributed by atoms with Gasteiger partial charge in [-0.25, -0.2) is 4.79 Å². The maximum Gasteiger partial charge on any atom is 0.341 e. The Kier molecular flexibility index (Phi) is 3.20. The number of halogens is 1. The lowest BCUT2D eigenvalue weighted by atomic mass is 10.1. The largest absolute Gasteiger partial charge is 0.465 e. The van der Waals surface area contributed by atoms with Gasteiger partial charge in [0.15, 0.2) is 0 Å². The molecule has 88 valence electrons. The summed E-state index contributed by atoms with van der Waals surface area (Å²) in [7, 11) is 1.34. The average molecular weight is 251 g/mol. The van der Waals surface area contributed by atoms with E-state index in [-0.39, 0.29) is 0 Å². The molecule has 0 spiro atoms.